The molecule has 0 amide bonds. The van der Waals surface area contributed by atoms with Gasteiger partial charge >= 0.3 is 0 Å². The molecule has 0 saturated heterocycles. The van der Waals surface area contributed by atoms with Gasteiger partial charge in [-0.05, 0) is 12.0 Å². The first kappa shape index (κ1) is 10.8. The predicted octanol–water partition coefficient (Wildman–Crippen LogP) is 1.18. The standard InChI is InChI=1S/C13H15N5/c14-13(15)18-12-10(6-7-16-12)11(17-18)8-9-4-2-1-3-5-9/h1-5,16H,6-8H2,(H3,14,15). The maximum absolute atomic E-state index is 7.54. The molecule has 0 spiro atoms. The Morgan fingerprint density at radius 2 is 2.17 bits per heavy atom. The smallest absolute Gasteiger partial charge is 0.215 e. The predicted molar refractivity (Wildman–Crippen MR) is 71.0 cm³/mol. The third-order valence-corrected chi connectivity index (χ3v) is 3.18. The van der Waals surface area contributed by atoms with E-state index >= 15 is 0 Å². The molecule has 0 saturated carbocycles. The summed E-state index contributed by atoms with van der Waals surface area (Å²) in [6.45, 7) is 0.891. The van der Waals surface area contributed by atoms with Crippen molar-refractivity contribution in [1.29, 1.82) is 5.41 Å². The molecule has 0 radical (unpaired) electrons. The number of fused-ring (bicyclic) bond motifs is 1. The molecule has 5 heteroatoms. The molecule has 1 aliphatic heterocycles. The summed E-state index contributed by atoms with van der Waals surface area (Å²) in [6.07, 6.45) is 1.73. The second-order valence-electron chi connectivity index (χ2n) is 4.41. The van der Waals surface area contributed by atoms with Gasteiger partial charge in [0.1, 0.15) is 5.82 Å². The zero-order valence-corrected chi connectivity index (χ0v) is 9.98. The minimum atomic E-state index is -0.0417. The van der Waals surface area contributed by atoms with Crippen LogP contribution in [0.15, 0.2) is 30.3 Å². The summed E-state index contributed by atoms with van der Waals surface area (Å²) in [5.74, 6) is 0.841. The zero-order valence-electron chi connectivity index (χ0n) is 9.98. The van der Waals surface area contributed by atoms with E-state index in [9.17, 15) is 0 Å². The van der Waals surface area contributed by atoms with Crippen LogP contribution in [0.1, 0.15) is 16.8 Å². The van der Waals surface area contributed by atoms with Gasteiger partial charge in [0.2, 0.25) is 5.96 Å². The zero-order chi connectivity index (χ0) is 12.5. The highest BCUT2D eigenvalue weighted by Crippen LogP contribution is 2.26. The van der Waals surface area contributed by atoms with Gasteiger partial charge < -0.3 is 11.1 Å². The number of aromatic nitrogens is 2. The van der Waals surface area contributed by atoms with Crippen LogP contribution in [0.3, 0.4) is 0 Å². The van der Waals surface area contributed by atoms with Crippen LogP contribution in [0.4, 0.5) is 5.82 Å². The highest BCUT2D eigenvalue weighted by Gasteiger charge is 2.23. The number of nitrogens with one attached hydrogen (secondary N) is 2. The lowest BCUT2D eigenvalue weighted by Crippen LogP contribution is -2.23. The van der Waals surface area contributed by atoms with Crippen molar-refractivity contribution >= 4 is 11.8 Å². The molecule has 18 heavy (non-hydrogen) atoms. The van der Waals surface area contributed by atoms with E-state index in [1.165, 1.54) is 15.8 Å². The summed E-state index contributed by atoms with van der Waals surface area (Å²) in [7, 11) is 0. The van der Waals surface area contributed by atoms with Gasteiger partial charge in [0.15, 0.2) is 0 Å². The summed E-state index contributed by atoms with van der Waals surface area (Å²) in [4.78, 5) is 0. The molecule has 2 heterocycles. The topological polar surface area (TPSA) is 79.7 Å². The highest BCUT2D eigenvalue weighted by molar-refractivity contribution is 5.81. The van der Waals surface area contributed by atoms with E-state index < -0.39 is 0 Å². The molecular formula is C13H15N5. The first-order valence-corrected chi connectivity index (χ1v) is 5.98. The largest absolute Gasteiger partial charge is 0.369 e. The molecule has 0 atom stereocenters. The second kappa shape index (κ2) is 4.18. The van der Waals surface area contributed by atoms with Crippen LogP contribution in [0.25, 0.3) is 0 Å². The van der Waals surface area contributed by atoms with E-state index in [0.29, 0.717) is 0 Å². The van der Waals surface area contributed by atoms with Gasteiger partial charge in [0, 0.05) is 18.5 Å². The summed E-state index contributed by atoms with van der Waals surface area (Å²) in [6, 6.07) is 10.2. The van der Waals surface area contributed by atoms with Gasteiger partial charge in [-0.1, -0.05) is 30.3 Å². The summed E-state index contributed by atoms with van der Waals surface area (Å²) in [5.41, 5.74) is 8.96. The average molecular weight is 241 g/mol. The number of benzene rings is 1. The van der Waals surface area contributed by atoms with E-state index in [4.69, 9.17) is 11.1 Å². The first-order chi connectivity index (χ1) is 8.75. The lowest BCUT2D eigenvalue weighted by atomic mass is 10.1. The fourth-order valence-corrected chi connectivity index (χ4v) is 2.35. The maximum atomic E-state index is 7.54. The Bertz CT molecular complexity index is 585. The molecule has 0 aliphatic carbocycles. The molecular weight excluding hydrogens is 226 g/mol. The van der Waals surface area contributed by atoms with Gasteiger partial charge in [0.05, 0.1) is 5.69 Å². The van der Waals surface area contributed by atoms with Crippen molar-refractivity contribution in [3.05, 3.63) is 47.2 Å². The maximum Gasteiger partial charge on any atom is 0.215 e. The van der Waals surface area contributed by atoms with Crippen LogP contribution in [0, 0.1) is 5.41 Å². The highest BCUT2D eigenvalue weighted by atomic mass is 15.4. The lowest BCUT2D eigenvalue weighted by molar-refractivity contribution is 0.863. The quantitative estimate of drug-likeness (QED) is 0.545. The van der Waals surface area contributed by atoms with Crippen molar-refractivity contribution in [3.63, 3.8) is 0 Å². The average Bonchev–Trinajstić information content (AvgIpc) is 2.94. The van der Waals surface area contributed by atoms with E-state index in [1.807, 2.05) is 18.2 Å². The van der Waals surface area contributed by atoms with Crippen LogP contribution in [-0.2, 0) is 12.8 Å². The third-order valence-electron chi connectivity index (χ3n) is 3.18. The van der Waals surface area contributed by atoms with Gasteiger partial charge in [0.25, 0.3) is 0 Å². The Labute approximate surface area is 105 Å². The van der Waals surface area contributed by atoms with Gasteiger partial charge in [-0.3, -0.25) is 5.41 Å². The molecule has 1 aromatic heterocycles. The fourth-order valence-electron chi connectivity index (χ4n) is 2.35. The van der Waals surface area contributed by atoms with Crippen molar-refractivity contribution < 1.29 is 0 Å². The Morgan fingerprint density at radius 3 is 2.89 bits per heavy atom. The molecule has 2 aromatic rings. The molecule has 3 rings (SSSR count). The monoisotopic (exact) mass is 241 g/mol. The minimum Gasteiger partial charge on any atom is -0.369 e. The van der Waals surface area contributed by atoms with E-state index in [-0.39, 0.29) is 5.96 Å². The molecule has 5 nitrogen and oxygen atoms in total. The minimum absolute atomic E-state index is 0.0417. The number of rotatable bonds is 2. The number of nitrogen functional groups attached to an aromatic ring is 1. The third kappa shape index (κ3) is 1.73. The molecule has 4 N–H and O–H groups in total. The SMILES string of the molecule is N=C(N)n1nc(Cc2ccccc2)c2c1NCC2. The Kier molecular flexibility index (Phi) is 2.51. The van der Waals surface area contributed by atoms with Crippen molar-refractivity contribution in [2.75, 3.05) is 11.9 Å². The summed E-state index contributed by atoms with van der Waals surface area (Å²) in [5, 5.41) is 15.2. The van der Waals surface area contributed by atoms with Gasteiger partial charge in [-0.25, -0.2) is 0 Å². The number of nitrogens with two attached hydrogens (primary N) is 1. The van der Waals surface area contributed by atoms with Crippen molar-refractivity contribution in [2.45, 2.75) is 12.8 Å². The van der Waals surface area contributed by atoms with E-state index in [2.05, 4.69) is 22.5 Å². The van der Waals surface area contributed by atoms with E-state index in [1.54, 1.807) is 0 Å². The van der Waals surface area contributed by atoms with Crippen LogP contribution >= 0.6 is 0 Å². The van der Waals surface area contributed by atoms with Crippen molar-refractivity contribution in [1.82, 2.24) is 9.78 Å². The molecule has 92 valence electrons. The van der Waals surface area contributed by atoms with Crippen LogP contribution in [0.2, 0.25) is 0 Å². The summed E-state index contributed by atoms with van der Waals surface area (Å²) >= 11 is 0. The second-order valence-corrected chi connectivity index (χ2v) is 4.41. The Balaban J connectivity index is 1.98. The first-order valence-electron chi connectivity index (χ1n) is 5.98. The number of nitrogens with zero attached hydrogens (tertiary/aromatic N) is 2. The molecule has 0 unspecified atom stereocenters. The van der Waals surface area contributed by atoms with Crippen LogP contribution in [0.5, 0.6) is 0 Å². The number of hydrogen-bond acceptors (Lipinski definition) is 3. The van der Waals surface area contributed by atoms with E-state index in [0.717, 1.165) is 30.9 Å². The molecule has 1 aromatic carbocycles. The fraction of sp³-hybridized carbons (Fsp3) is 0.231. The Morgan fingerprint density at radius 1 is 1.39 bits per heavy atom. The normalized spacial score (nSPS) is 13.1. The molecule has 1 aliphatic rings. The van der Waals surface area contributed by atoms with Crippen LogP contribution < -0.4 is 11.1 Å². The Hall–Kier alpha value is -2.30. The number of anilines is 1. The van der Waals surface area contributed by atoms with Crippen molar-refractivity contribution in [2.24, 2.45) is 5.73 Å². The lowest BCUT2D eigenvalue weighted by Gasteiger charge is -2.02. The molecule has 0 fully saturated rings. The van der Waals surface area contributed by atoms with Crippen LogP contribution in [-0.4, -0.2) is 22.3 Å². The van der Waals surface area contributed by atoms with Gasteiger partial charge in [-0.15, -0.1) is 0 Å². The molecule has 0 bridgehead atoms. The number of hydrogen-bond donors (Lipinski definition) is 3. The van der Waals surface area contributed by atoms with Crippen molar-refractivity contribution in [3.8, 4) is 0 Å². The summed E-state index contributed by atoms with van der Waals surface area (Å²) < 4.78 is 1.49. The van der Waals surface area contributed by atoms with Gasteiger partial charge in [-0.2, -0.15) is 9.78 Å².